The molecule has 4 aromatic rings. The van der Waals surface area contributed by atoms with Gasteiger partial charge in [0.05, 0.1) is 36.1 Å². The lowest BCUT2D eigenvalue weighted by molar-refractivity contribution is -0.120. The Kier molecular flexibility index (Phi) is 7.05. The van der Waals surface area contributed by atoms with E-state index < -0.39 is 5.25 Å². The smallest absolute Gasteiger partial charge is 0.262 e. The van der Waals surface area contributed by atoms with Crippen molar-refractivity contribution in [3.63, 3.8) is 0 Å². The molecule has 0 saturated heterocycles. The van der Waals surface area contributed by atoms with Gasteiger partial charge in [-0.1, -0.05) is 41.6 Å². The summed E-state index contributed by atoms with van der Waals surface area (Å²) in [5, 5.41) is 3.76. The van der Waals surface area contributed by atoms with Gasteiger partial charge in [-0.25, -0.2) is 4.98 Å². The number of rotatable bonds is 8. The van der Waals surface area contributed by atoms with Crippen molar-refractivity contribution in [1.29, 1.82) is 0 Å². The summed E-state index contributed by atoms with van der Waals surface area (Å²) in [5.74, 6) is 1.14. The van der Waals surface area contributed by atoms with Crippen LogP contribution in [0.1, 0.15) is 18.2 Å². The SMILES string of the molecule is COc1ccccc1CNC(=O)C(C)Sc1nc2cc(Cl)ccc2c(=O)n1Cc1ccco1. The Morgan fingerprint density at radius 3 is 2.82 bits per heavy atom. The number of carbonyl (C=O) groups is 1. The van der Waals surface area contributed by atoms with Crippen LogP contribution in [0.3, 0.4) is 0 Å². The molecule has 1 atom stereocenters. The number of nitrogens with zero attached hydrogens (tertiary/aromatic N) is 2. The monoisotopic (exact) mass is 483 g/mol. The van der Waals surface area contributed by atoms with Gasteiger partial charge in [-0.2, -0.15) is 0 Å². The number of halogens is 1. The van der Waals surface area contributed by atoms with Crippen LogP contribution in [0.15, 0.2) is 75.2 Å². The van der Waals surface area contributed by atoms with Gasteiger partial charge in [-0.05, 0) is 43.3 Å². The molecule has 0 aliphatic heterocycles. The highest BCUT2D eigenvalue weighted by atomic mass is 35.5. The molecule has 7 nitrogen and oxygen atoms in total. The van der Waals surface area contributed by atoms with E-state index in [9.17, 15) is 9.59 Å². The Bertz CT molecular complexity index is 1340. The van der Waals surface area contributed by atoms with E-state index in [0.717, 1.165) is 5.56 Å². The standard InChI is InChI=1S/C24H22ClN3O4S/c1-15(22(29)26-13-16-6-3-4-8-21(16)31-2)33-24-27-20-12-17(25)9-10-19(20)23(30)28(24)14-18-7-5-11-32-18/h3-12,15H,13-14H2,1-2H3,(H,26,29). The maximum Gasteiger partial charge on any atom is 0.262 e. The number of fused-ring (bicyclic) bond motifs is 1. The van der Waals surface area contributed by atoms with Gasteiger partial charge in [-0.3, -0.25) is 14.2 Å². The molecule has 2 aromatic heterocycles. The largest absolute Gasteiger partial charge is 0.496 e. The molecule has 0 aliphatic rings. The molecule has 33 heavy (non-hydrogen) atoms. The lowest BCUT2D eigenvalue weighted by Gasteiger charge is -2.16. The van der Waals surface area contributed by atoms with Crippen molar-refractivity contribution in [2.24, 2.45) is 0 Å². The minimum atomic E-state index is -0.508. The number of hydrogen-bond acceptors (Lipinski definition) is 6. The zero-order valence-corrected chi connectivity index (χ0v) is 19.7. The molecule has 1 N–H and O–H groups in total. The third-order valence-corrected chi connectivity index (χ3v) is 6.40. The Hall–Kier alpha value is -3.23. The van der Waals surface area contributed by atoms with E-state index in [2.05, 4.69) is 10.3 Å². The number of amides is 1. The minimum Gasteiger partial charge on any atom is -0.496 e. The van der Waals surface area contributed by atoms with E-state index >= 15 is 0 Å². The number of thioether (sulfide) groups is 1. The zero-order chi connectivity index (χ0) is 23.4. The second-order valence-electron chi connectivity index (χ2n) is 7.32. The van der Waals surface area contributed by atoms with Crippen molar-refractivity contribution in [2.45, 2.75) is 30.4 Å². The van der Waals surface area contributed by atoms with Crippen LogP contribution < -0.4 is 15.6 Å². The lowest BCUT2D eigenvalue weighted by Crippen LogP contribution is -2.32. The fraction of sp³-hybridized carbons (Fsp3) is 0.208. The number of benzene rings is 2. The maximum atomic E-state index is 13.2. The Balaban J connectivity index is 1.59. The molecule has 170 valence electrons. The Morgan fingerprint density at radius 2 is 2.06 bits per heavy atom. The van der Waals surface area contributed by atoms with Crippen LogP contribution in [0, 0.1) is 0 Å². The first kappa shape index (κ1) is 22.9. The molecule has 0 saturated carbocycles. The molecule has 0 fully saturated rings. The summed E-state index contributed by atoms with van der Waals surface area (Å²) in [5.41, 5.74) is 1.13. The normalized spacial score (nSPS) is 12.0. The summed E-state index contributed by atoms with van der Waals surface area (Å²) < 4.78 is 12.3. The summed E-state index contributed by atoms with van der Waals surface area (Å²) in [6.07, 6.45) is 1.55. The van der Waals surface area contributed by atoms with E-state index in [1.54, 1.807) is 50.6 Å². The highest BCUT2D eigenvalue weighted by molar-refractivity contribution is 8.00. The molecule has 4 rings (SSSR count). The van der Waals surface area contributed by atoms with Crippen LogP contribution in [0.25, 0.3) is 10.9 Å². The van der Waals surface area contributed by atoms with Gasteiger partial charge in [-0.15, -0.1) is 0 Å². The molecule has 0 radical (unpaired) electrons. The van der Waals surface area contributed by atoms with Gasteiger partial charge in [0.2, 0.25) is 5.91 Å². The van der Waals surface area contributed by atoms with E-state index in [0.29, 0.717) is 39.1 Å². The first-order chi connectivity index (χ1) is 16.0. The van der Waals surface area contributed by atoms with Gasteiger partial charge in [0.1, 0.15) is 11.5 Å². The highest BCUT2D eigenvalue weighted by Gasteiger charge is 2.20. The molecule has 9 heteroatoms. The minimum absolute atomic E-state index is 0.184. The third-order valence-electron chi connectivity index (χ3n) is 5.07. The summed E-state index contributed by atoms with van der Waals surface area (Å²) in [7, 11) is 1.59. The topological polar surface area (TPSA) is 86.4 Å². The molecule has 1 unspecified atom stereocenters. The van der Waals surface area contributed by atoms with Crippen molar-refractivity contribution in [1.82, 2.24) is 14.9 Å². The number of ether oxygens (including phenoxy) is 1. The van der Waals surface area contributed by atoms with Crippen molar-refractivity contribution >= 4 is 40.2 Å². The molecule has 2 aromatic carbocycles. The van der Waals surface area contributed by atoms with Crippen molar-refractivity contribution in [3.05, 3.63) is 87.6 Å². The van der Waals surface area contributed by atoms with Crippen LogP contribution in [-0.2, 0) is 17.9 Å². The van der Waals surface area contributed by atoms with Crippen molar-refractivity contribution < 1.29 is 13.9 Å². The van der Waals surface area contributed by atoms with Crippen molar-refractivity contribution in [2.75, 3.05) is 7.11 Å². The van der Waals surface area contributed by atoms with Crippen molar-refractivity contribution in [3.8, 4) is 5.75 Å². The molecular weight excluding hydrogens is 462 g/mol. The van der Waals surface area contributed by atoms with Crippen LogP contribution in [0.2, 0.25) is 5.02 Å². The Labute approximate surface area is 199 Å². The van der Waals surface area contributed by atoms with Crippen LogP contribution in [0.5, 0.6) is 5.75 Å². The molecular formula is C24H22ClN3O4S. The second-order valence-corrected chi connectivity index (χ2v) is 9.06. The number of aromatic nitrogens is 2. The first-order valence-corrected chi connectivity index (χ1v) is 11.5. The van der Waals surface area contributed by atoms with E-state index in [1.807, 2.05) is 24.3 Å². The average molecular weight is 484 g/mol. The summed E-state index contributed by atoms with van der Waals surface area (Å²) in [4.78, 5) is 30.7. The second kappa shape index (κ2) is 10.1. The van der Waals surface area contributed by atoms with Gasteiger partial charge in [0, 0.05) is 17.1 Å². The maximum absolute atomic E-state index is 13.2. The fourth-order valence-electron chi connectivity index (χ4n) is 3.35. The molecule has 2 heterocycles. The number of hydrogen-bond donors (Lipinski definition) is 1. The van der Waals surface area contributed by atoms with Gasteiger partial charge >= 0.3 is 0 Å². The number of furan rings is 1. The van der Waals surface area contributed by atoms with E-state index in [1.165, 1.54) is 16.3 Å². The third kappa shape index (κ3) is 5.23. The molecule has 0 aliphatic carbocycles. The van der Waals surface area contributed by atoms with Crippen LogP contribution in [-0.4, -0.2) is 27.8 Å². The van der Waals surface area contributed by atoms with E-state index in [4.69, 9.17) is 20.8 Å². The summed E-state index contributed by atoms with van der Waals surface area (Å²) in [6.45, 7) is 2.30. The van der Waals surface area contributed by atoms with E-state index in [-0.39, 0.29) is 18.0 Å². The number of methoxy groups -OCH3 is 1. The lowest BCUT2D eigenvalue weighted by atomic mass is 10.2. The fourth-order valence-corrected chi connectivity index (χ4v) is 4.45. The predicted molar refractivity (Wildman–Crippen MR) is 129 cm³/mol. The van der Waals surface area contributed by atoms with Gasteiger partial charge in [0.25, 0.3) is 5.56 Å². The van der Waals surface area contributed by atoms with Gasteiger partial charge in [0.15, 0.2) is 5.16 Å². The molecule has 0 bridgehead atoms. The quantitative estimate of drug-likeness (QED) is 0.293. The molecule has 1 amide bonds. The summed E-state index contributed by atoms with van der Waals surface area (Å²) in [6, 6.07) is 16.0. The predicted octanol–water partition coefficient (Wildman–Crippen LogP) is 4.50. The van der Waals surface area contributed by atoms with Crippen LogP contribution >= 0.6 is 23.4 Å². The highest BCUT2D eigenvalue weighted by Crippen LogP contribution is 2.25. The number of nitrogens with one attached hydrogen (secondary N) is 1. The first-order valence-electron chi connectivity index (χ1n) is 10.2. The van der Waals surface area contributed by atoms with Gasteiger partial charge < -0.3 is 14.5 Å². The Morgan fingerprint density at radius 1 is 1.24 bits per heavy atom. The number of para-hydroxylation sites is 1. The number of carbonyl (C=O) groups excluding carboxylic acids is 1. The average Bonchev–Trinajstić information content (AvgIpc) is 3.33. The summed E-state index contributed by atoms with van der Waals surface area (Å²) >= 11 is 7.32. The molecule has 0 spiro atoms. The van der Waals surface area contributed by atoms with Crippen LogP contribution in [0.4, 0.5) is 0 Å². The zero-order valence-electron chi connectivity index (χ0n) is 18.1.